The lowest BCUT2D eigenvalue weighted by molar-refractivity contribution is -0.384. The number of ether oxygens (including phenoxy) is 1. The van der Waals surface area contributed by atoms with Gasteiger partial charge in [0.15, 0.2) is 0 Å². The van der Waals surface area contributed by atoms with Gasteiger partial charge in [-0.1, -0.05) is 48.5 Å². The summed E-state index contributed by atoms with van der Waals surface area (Å²) in [6.07, 6.45) is -0.849. The number of carboxylic acids is 1. The van der Waals surface area contributed by atoms with Gasteiger partial charge in [0.25, 0.3) is 5.69 Å². The Kier molecular flexibility index (Phi) is 5.59. The van der Waals surface area contributed by atoms with E-state index in [0.717, 1.165) is 27.2 Å². The van der Waals surface area contributed by atoms with Crippen LogP contribution in [0.3, 0.4) is 0 Å². The van der Waals surface area contributed by atoms with E-state index in [1.165, 1.54) is 38.1 Å². The molecule has 0 aliphatic heterocycles. The summed E-state index contributed by atoms with van der Waals surface area (Å²) in [7, 11) is 0. The van der Waals surface area contributed by atoms with Gasteiger partial charge in [-0.15, -0.1) is 0 Å². The number of nitro groups is 1. The van der Waals surface area contributed by atoms with Gasteiger partial charge in [-0.05, 0) is 48.2 Å². The zero-order valence-electron chi connectivity index (χ0n) is 18.1. The third kappa shape index (κ3) is 3.91. The Bertz CT molecular complexity index is 1190. The Morgan fingerprint density at radius 2 is 1.48 bits per heavy atom. The second kappa shape index (κ2) is 8.38. The molecule has 8 heteroatoms. The predicted molar refractivity (Wildman–Crippen MR) is 122 cm³/mol. The summed E-state index contributed by atoms with van der Waals surface area (Å²) in [5.41, 5.74) is 2.58. The highest BCUT2D eigenvalue weighted by Crippen LogP contribution is 2.44. The van der Waals surface area contributed by atoms with Crippen molar-refractivity contribution in [3.8, 4) is 11.1 Å². The molecule has 0 spiro atoms. The molecule has 3 aromatic rings. The van der Waals surface area contributed by atoms with Crippen LogP contribution in [0.2, 0.25) is 0 Å². The smallest absolute Gasteiger partial charge is 0.415 e. The van der Waals surface area contributed by atoms with Crippen molar-refractivity contribution in [3.63, 3.8) is 0 Å². The van der Waals surface area contributed by atoms with E-state index in [9.17, 15) is 24.8 Å². The lowest BCUT2D eigenvalue weighted by Gasteiger charge is -2.34. The van der Waals surface area contributed by atoms with Gasteiger partial charge in [0.1, 0.15) is 12.1 Å². The molecule has 0 radical (unpaired) electrons. The number of hydrogen-bond acceptors (Lipinski definition) is 5. The molecule has 0 heterocycles. The van der Waals surface area contributed by atoms with Crippen LogP contribution in [0, 0.1) is 10.1 Å². The van der Waals surface area contributed by atoms with E-state index in [4.69, 9.17) is 4.74 Å². The fourth-order valence-corrected chi connectivity index (χ4v) is 4.13. The second-order valence-electron chi connectivity index (χ2n) is 8.28. The fourth-order valence-electron chi connectivity index (χ4n) is 4.13. The second-order valence-corrected chi connectivity index (χ2v) is 8.28. The number of carbonyl (C=O) groups excluding carboxylic acids is 1. The van der Waals surface area contributed by atoms with Gasteiger partial charge in [-0.25, -0.2) is 9.59 Å². The maximum absolute atomic E-state index is 13.2. The molecule has 33 heavy (non-hydrogen) atoms. The highest BCUT2D eigenvalue weighted by Gasteiger charge is 2.41. The number of amides is 1. The molecule has 168 valence electrons. The molecule has 0 aromatic heterocycles. The van der Waals surface area contributed by atoms with Crippen LogP contribution in [0.25, 0.3) is 11.1 Å². The highest BCUT2D eigenvalue weighted by atomic mass is 16.6. The summed E-state index contributed by atoms with van der Waals surface area (Å²) in [6.45, 7) is 2.77. The SMILES string of the molecule is CC(C)(C(=O)O)N(C(=O)OCC1c2ccccc2-c2ccccc21)c1ccc([N+](=O)[O-])cc1. The van der Waals surface area contributed by atoms with E-state index >= 15 is 0 Å². The molecular weight excluding hydrogens is 424 g/mol. The number of aliphatic carboxylic acids is 1. The average molecular weight is 446 g/mol. The topological polar surface area (TPSA) is 110 Å². The molecule has 1 amide bonds. The molecule has 0 atom stereocenters. The first-order chi connectivity index (χ1) is 15.7. The summed E-state index contributed by atoms with van der Waals surface area (Å²) < 4.78 is 5.66. The minimum atomic E-state index is -1.65. The Hall–Kier alpha value is -4.20. The van der Waals surface area contributed by atoms with Crippen LogP contribution in [0.15, 0.2) is 72.8 Å². The van der Waals surface area contributed by atoms with Crippen LogP contribution < -0.4 is 4.90 Å². The summed E-state index contributed by atoms with van der Waals surface area (Å²) >= 11 is 0. The number of nitrogens with zero attached hydrogens (tertiary/aromatic N) is 2. The van der Waals surface area contributed by atoms with Gasteiger partial charge in [0.05, 0.1) is 4.92 Å². The van der Waals surface area contributed by atoms with E-state index < -0.39 is 22.5 Å². The van der Waals surface area contributed by atoms with Crippen molar-refractivity contribution in [2.45, 2.75) is 25.3 Å². The summed E-state index contributed by atoms with van der Waals surface area (Å²) in [5.74, 6) is -1.43. The Morgan fingerprint density at radius 1 is 0.970 bits per heavy atom. The van der Waals surface area contributed by atoms with Gasteiger partial charge in [-0.2, -0.15) is 0 Å². The number of anilines is 1. The van der Waals surface area contributed by atoms with Crippen LogP contribution in [0.1, 0.15) is 30.9 Å². The van der Waals surface area contributed by atoms with Crippen molar-refractivity contribution >= 4 is 23.4 Å². The highest BCUT2D eigenvalue weighted by molar-refractivity contribution is 5.97. The molecule has 1 aliphatic carbocycles. The number of fused-ring (bicyclic) bond motifs is 3. The number of carboxylic acid groups (broad SMARTS) is 1. The van der Waals surface area contributed by atoms with E-state index in [1.54, 1.807) is 0 Å². The lowest BCUT2D eigenvalue weighted by atomic mass is 9.98. The zero-order valence-corrected chi connectivity index (χ0v) is 18.1. The van der Waals surface area contributed by atoms with Crippen LogP contribution in [0.4, 0.5) is 16.2 Å². The van der Waals surface area contributed by atoms with Gasteiger partial charge < -0.3 is 9.84 Å². The summed E-state index contributed by atoms with van der Waals surface area (Å²) in [6, 6.07) is 20.9. The van der Waals surface area contributed by atoms with Crippen molar-refractivity contribution in [2.75, 3.05) is 11.5 Å². The van der Waals surface area contributed by atoms with Crippen molar-refractivity contribution in [1.29, 1.82) is 0 Å². The van der Waals surface area contributed by atoms with Gasteiger partial charge >= 0.3 is 12.1 Å². The number of carbonyl (C=O) groups is 2. The Labute approximate surface area is 190 Å². The first-order valence-corrected chi connectivity index (χ1v) is 10.3. The van der Waals surface area contributed by atoms with E-state index in [1.807, 2.05) is 48.5 Å². The molecule has 0 saturated heterocycles. The maximum Gasteiger partial charge on any atom is 0.415 e. The minimum Gasteiger partial charge on any atom is -0.480 e. The molecule has 0 bridgehead atoms. The predicted octanol–water partition coefficient (Wildman–Crippen LogP) is 5.21. The Morgan fingerprint density at radius 3 is 1.97 bits per heavy atom. The zero-order chi connectivity index (χ0) is 23.8. The van der Waals surface area contributed by atoms with Crippen LogP contribution >= 0.6 is 0 Å². The van der Waals surface area contributed by atoms with Crippen molar-refractivity contribution in [3.05, 3.63) is 94.0 Å². The molecule has 0 unspecified atom stereocenters. The van der Waals surface area contributed by atoms with Gasteiger partial charge in [0.2, 0.25) is 0 Å². The molecule has 1 N–H and O–H groups in total. The largest absolute Gasteiger partial charge is 0.480 e. The van der Waals surface area contributed by atoms with Crippen molar-refractivity contribution in [1.82, 2.24) is 0 Å². The maximum atomic E-state index is 13.2. The van der Waals surface area contributed by atoms with Gasteiger partial charge in [-0.3, -0.25) is 15.0 Å². The quantitative estimate of drug-likeness (QED) is 0.411. The Balaban J connectivity index is 1.63. The van der Waals surface area contributed by atoms with Crippen LogP contribution in [-0.4, -0.2) is 34.2 Å². The summed E-state index contributed by atoms with van der Waals surface area (Å²) in [4.78, 5) is 36.6. The first kappa shape index (κ1) is 22.0. The number of hydrogen-bond donors (Lipinski definition) is 1. The molecule has 1 aliphatic rings. The number of benzene rings is 3. The number of rotatable bonds is 6. The monoisotopic (exact) mass is 446 g/mol. The molecule has 0 fully saturated rings. The molecule has 0 saturated carbocycles. The number of non-ortho nitro benzene ring substituents is 1. The van der Waals surface area contributed by atoms with E-state index in [0.29, 0.717) is 0 Å². The van der Waals surface area contributed by atoms with Crippen molar-refractivity contribution in [2.24, 2.45) is 0 Å². The number of nitro benzene ring substituents is 1. The van der Waals surface area contributed by atoms with Crippen LogP contribution in [-0.2, 0) is 9.53 Å². The molecule has 3 aromatic carbocycles. The fraction of sp³-hybridized carbons (Fsp3) is 0.200. The van der Waals surface area contributed by atoms with E-state index in [2.05, 4.69) is 0 Å². The molecule has 4 rings (SSSR count). The standard InChI is InChI=1S/C25H22N2O6/c1-25(2,23(28)29)26(16-11-13-17(14-12-16)27(31)32)24(30)33-15-22-20-9-5-3-7-18(20)19-8-4-6-10-21(19)22/h3-14,22H,15H2,1-2H3,(H,28,29). The first-order valence-electron chi connectivity index (χ1n) is 10.3. The normalized spacial score (nSPS) is 12.5. The third-order valence-corrected chi connectivity index (χ3v) is 5.92. The molecule has 8 nitrogen and oxygen atoms in total. The van der Waals surface area contributed by atoms with Crippen LogP contribution in [0.5, 0.6) is 0 Å². The molecular formula is C25H22N2O6. The average Bonchev–Trinajstić information content (AvgIpc) is 3.11. The lowest BCUT2D eigenvalue weighted by Crippen LogP contribution is -2.53. The van der Waals surface area contributed by atoms with Crippen molar-refractivity contribution < 1.29 is 24.4 Å². The summed E-state index contributed by atoms with van der Waals surface area (Å²) in [5, 5.41) is 20.7. The minimum absolute atomic E-state index is 0.0199. The third-order valence-electron chi connectivity index (χ3n) is 5.92. The van der Waals surface area contributed by atoms with E-state index in [-0.39, 0.29) is 23.9 Å². The van der Waals surface area contributed by atoms with Gasteiger partial charge in [0, 0.05) is 23.7 Å².